The summed E-state index contributed by atoms with van der Waals surface area (Å²) in [7, 11) is 0. The van der Waals surface area contributed by atoms with Crippen LogP contribution < -0.4 is 5.32 Å². The summed E-state index contributed by atoms with van der Waals surface area (Å²) in [4.78, 5) is 3.09. The molecule has 1 aliphatic rings. The average Bonchev–Trinajstić information content (AvgIpc) is 3.02. The second-order valence-corrected chi connectivity index (χ2v) is 6.27. The first-order chi connectivity index (χ1) is 10.6. The SMILES string of the molecule is FC(F)(F)c1ccccc1[C@H](c1cccs1)N1CCNCC1. The van der Waals surface area contributed by atoms with Gasteiger partial charge in [-0.2, -0.15) is 13.2 Å². The topological polar surface area (TPSA) is 15.3 Å². The van der Waals surface area contributed by atoms with Crippen molar-refractivity contribution >= 4 is 11.3 Å². The summed E-state index contributed by atoms with van der Waals surface area (Å²) in [6, 6.07) is 9.41. The highest BCUT2D eigenvalue weighted by Crippen LogP contribution is 2.40. The monoisotopic (exact) mass is 326 g/mol. The number of nitrogens with one attached hydrogen (secondary N) is 1. The van der Waals surface area contributed by atoms with E-state index in [-0.39, 0.29) is 6.04 Å². The molecule has 1 aromatic heterocycles. The molecule has 1 fully saturated rings. The van der Waals surface area contributed by atoms with Gasteiger partial charge in [0.05, 0.1) is 11.6 Å². The van der Waals surface area contributed by atoms with Crippen LogP contribution in [0.5, 0.6) is 0 Å². The van der Waals surface area contributed by atoms with Gasteiger partial charge in [-0.1, -0.05) is 24.3 Å². The number of benzene rings is 1. The van der Waals surface area contributed by atoms with E-state index in [1.165, 1.54) is 23.5 Å². The van der Waals surface area contributed by atoms with Gasteiger partial charge in [0.25, 0.3) is 0 Å². The molecule has 1 atom stereocenters. The van der Waals surface area contributed by atoms with Crippen molar-refractivity contribution in [1.29, 1.82) is 0 Å². The Morgan fingerprint density at radius 2 is 1.77 bits per heavy atom. The standard InChI is InChI=1S/C16H17F3N2S/c17-16(18,19)13-5-2-1-4-12(13)15(14-6-3-11-22-14)21-9-7-20-8-10-21/h1-6,11,15,20H,7-10H2/t15-/m1/s1. The Morgan fingerprint density at radius 1 is 1.05 bits per heavy atom. The Kier molecular flexibility index (Phi) is 4.52. The predicted octanol–water partition coefficient (Wildman–Crippen LogP) is 3.76. The molecule has 1 aromatic carbocycles. The van der Waals surface area contributed by atoms with Gasteiger partial charge in [-0.25, -0.2) is 0 Å². The number of halogens is 3. The van der Waals surface area contributed by atoms with E-state index in [4.69, 9.17) is 0 Å². The zero-order valence-electron chi connectivity index (χ0n) is 11.9. The van der Waals surface area contributed by atoms with Crippen LogP contribution >= 0.6 is 11.3 Å². The molecule has 0 radical (unpaired) electrons. The minimum atomic E-state index is -4.33. The molecule has 22 heavy (non-hydrogen) atoms. The van der Waals surface area contributed by atoms with E-state index >= 15 is 0 Å². The van der Waals surface area contributed by atoms with E-state index in [1.54, 1.807) is 12.1 Å². The van der Waals surface area contributed by atoms with Gasteiger partial charge in [-0.3, -0.25) is 4.90 Å². The van der Waals surface area contributed by atoms with E-state index in [0.29, 0.717) is 5.56 Å². The van der Waals surface area contributed by atoms with Crippen LogP contribution in [-0.2, 0) is 6.18 Å². The molecular weight excluding hydrogens is 309 g/mol. The van der Waals surface area contributed by atoms with Crippen molar-refractivity contribution in [1.82, 2.24) is 10.2 Å². The summed E-state index contributed by atoms with van der Waals surface area (Å²) in [5, 5.41) is 5.17. The lowest BCUT2D eigenvalue weighted by molar-refractivity contribution is -0.138. The van der Waals surface area contributed by atoms with Crippen LogP contribution in [-0.4, -0.2) is 31.1 Å². The van der Waals surface area contributed by atoms with E-state index in [2.05, 4.69) is 10.2 Å². The quantitative estimate of drug-likeness (QED) is 0.924. The third kappa shape index (κ3) is 3.19. The zero-order chi connectivity index (χ0) is 15.6. The molecule has 118 valence electrons. The van der Waals surface area contributed by atoms with E-state index < -0.39 is 11.7 Å². The van der Waals surface area contributed by atoms with Crippen LogP contribution in [0.4, 0.5) is 13.2 Å². The average molecular weight is 326 g/mol. The Hall–Kier alpha value is -1.37. The van der Waals surface area contributed by atoms with Gasteiger partial charge in [0.2, 0.25) is 0 Å². The zero-order valence-corrected chi connectivity index (χ0v) is 12.8. The lowest BCUT2D eigenvalue weighted by Gasteiger charge is -2.35. The van der Waals surface area contributed by atoms with Crippen molar-refractivity contribution in [2.75, 3.05) is 26.2 Å². The summed E-state index contributed by atoms with van der Waals surface area (Å²) in [5.41, 5.74) is -0.189. The molecule has 0 spiro atoms. The van der Waals surface area contributed by atoms with Crippen molar-refractivity contribution in [3.63, 3.8) is 0 Å². The number of hydrogen-bond acceptors (Lipinski definition) is 3. The van der Waals surface area contributed by atoms with Crippen molar-refractivity contribution in [3.05, 3.63) is 57.8 Å². The van der Waals surface area contributed by atoms with Crippen LogP contribution in [0.15, 0.2) is 41.8 Å². The molecule has 6 heteroatoms. The van der Waals surface area contributed by atoms with Crippen LogP contribution in [0, 0.1) is 0 Å². The summed E-state index contributed by atoms with van der Waals surface area (Å²) in [6.07, 6.45) is -4.33. The fourth-order valence-corrected chi connectivity index (χ4v) is 3.79. The maximum Gasteiger partial charge on any atom is 0.416 e. The third-order valence-electron chi connectivity index (χ3n) is 3.89. The summed E-state index contributed by atoms with van der Waals surface area (Å²) in [5.74, 6) is 0. The van der Waals surface area contributed by atoms with Gasteiger partial charge in [0, 0.05) is 31.1 Å². The van der Waals surface area contributed by atoms with Crippen molar-refractivity contribution in [2.45, 2.75) is 12.2 Å². The Labute approximate surface area is 131 Å². The number of thiophene rings is 1. The van der Waals surface area contributed by atoms with Crippen molar-refractivity contribution in [2.24, 2.45) is 0 Å². The summed E-state index contributed by atoms with van der Waals surface area (Å²) < 4.78 is 40.2. The predicted molar refractivity (Wildman–Crippen MR) is 82.0 cm³/mol. The first-order valence-electron chi connectivity index (χ1n) is 7.21. The van der Waals surface area contributed by atoms with Gasteiger partial charge >= 0.3 is 6.18 Å². The molecule has 0 amide bonds. The second-order valence-electron chi connectivity index (χ2n) is 5.29. The number of hydrogen-bond donors (Lipinski definition) is 1. The van der Waals surface area contributed by atoms with Crippen LogP contribution in [0.1, 0.15) is 22.0 Å². The minimum Gasteiger partial charge on any atom is -0.314 e. The highest BCUT2D eigenvalue weighted by Gasteiger charge is 2.37. The molecule has 1 aliphatic heterocycles. The molecule has 1 N–H and O–H groups in total. The smallest absolute Gasteiger partial charge is 0.314 e. The second kappa shape index (κ2) is 6.40. The maximum absolute atomic E-state index is 13.4. The van der Waals surface area contributed by atoms with E-state index in [9.17, 15) is 13.2 Å². The molecule has 0 unspecified atom stereocenters. The van der Waals surface area contributed by atoms with E-state index in [0.717, 1.165) is 31.1 Å². The molecule has 2 nitrogen and oxygen atoms in total. The molecular formula is C16H17F3N2S. The third-order valence-corrected chi connectivity index (χ3v) is 4.81. The number of piperazine rings is 1. The Bertz CT molecular complexity index is 604. The van der Waals surface area contributed by atoms with Crippen molar-refractivity contribution in [3.8, 4) is 0 Å². The molecule has 2 aromatic rings. The van der Waals surface area contributed by atoms with Crippen LogP contribution in [0.3, 0.4) is 0 Å². The fourth-order valence-electron chi connectivity index (χ4n) is 2.91. The minimum absolute atomic E-state index is 0.333. The van der Waals surface area contributed by atoms with Crippen LogP contribution in [0.2, 0.25) is 0 Å². The van der Waals surface area contributed by atoms with Gasteiger partial charge < -0.3 is 5.32 Å². The number of nitrogens with zero attached hydrogens (tertiary/aromatic N) is 1. The largest absolute Gasteiger partial charge is 0.416 e. The Morgan fingerprint density at radius 3 is 2.41 bits per heavy atom. The van der Waals surface area contributed by atoms with Gasteiger partial charge in [0.1, 0.15) is 0 Å². The Balaban J connectivity index is 2.07. The summed E-state index contributed by atoms with van der Waals surface area (Å²) in [6.45, 7) is 3.09. The first-order valence-corrected chi connectivity index (χ1v) is 8.09. The number of rotatable bonds is 3. The van der Waals surface area contributed by atoms with Gasteiger partial charge in [-0.05, 0) is 23.1 Å². The summed E-state index contributed by atoms with van der Waals surface area (Å²) >= 11 is 1.51. The lowest BCUT2D eigenvalue weighted by atomic mass is 9.96. The molecule has 0 aliphatic carbocycles. The number of alkyl halides is 3. The van der Waals surface area contributed by atoms with Gasteiger partial charge in [-0.15, -0.1) is 11.3 Å². The molecule has 2 heterocycles. The molecule has 0 saturated carbocycles. The highest BCUT2D eigenvalue weighted by molar-refractivity contribution is 7.10. The van der Waals surface area contributed by atoms with Gasteiger partial charge in [0.15, 0.2) is 0 Å². The first kappa shape index (κ1) is 15.5. The van der Waals surface area contributed by atoms with Crippen LogP contribution in [0.25, 0.3) is 0 Å². The van der Waals surface area contributed by atoms with Crippen molar-refractivity contribution < 1.29 is 13.2 Å². The normalized spacial score (nSPS) is 18.3. The molecule has 0 bridgehead atoms. The highest BCUT2D eigenvalue weighted by atomic mass is 32.1. The van der Waals surface area contributed by atoms with E-state index in [1.807, 2.05) is 17.5 Å². The maximum atomic E-state index is 13.4. The lowest BCUT2D eigenvalue weighted by Crippen LogP contribution is -2.45. The molecule has 3 rings (SSSR count). The fraction of sp³-hybridized carbons (Fsp3) is 0.375. The molecule has 1 saturated heterocycles.